The minimum absolute atomic E-state index is 0.0493. The first-order valence-corrected chi connectivity index (χ1v) is 6.03. The maximum atomic E-state index is 13.6. The number of rotatable bonds is 0. The molecule has 1 nitrogen and oxygen atoms in total. The molecule has 0 amide bonds. The Morgan fingerprint density at radius 3 is 3.07 bits per heavy atom. The highest BCUT2D eigenvalue weighted by atomic mass is 35.5. The van der Waals surface area contributed by atoms with Gasteiger partial charge in [-0.05, 0) is 23.8 Å². The first kappa shape index (κ1) is 10.3. The van der Waals surface area contributed by atoms with Gasteiger partial charge in [0, 0.05) is 17.4 Å². The molecule has 0 spiro atoms. The lowest BCUT2D eigenvalue weighted by Crippen LogP contribution is -2.12. The predicted octanol–water partition coefficient (Wildman–Crippen LogP) is 3.12. The van der Waals surface area contributed by atoms with Crippen molar-refractivity contribution in [3.63, 3.8) is 0 Å². The topological polar surface area (TPSA) is 26.0 Å². The van der Waals surface area contributed by atoms with Crippen LogP contribution < -0.4 is 5.73 Å². The van der Waals surface area contributed by atoms with E-state index < -0.39 is 0 Å². The van der Waals surface area contributed by atoms with Gasteiger partial charge >= 0.3 is 0 Å². The average molecular weight is 232 g/mol. The number of nitrogens with two attached hydrogens (primary N) is 1. The molecule has 0 unspecified atom stereocenters. The molecule has 1 atom stereocenters. The van der Waals surface area contributed by atoms with Gasteiger partial charge in [-0.3, -0.25) is 0 Å². The molecule has 0 saturated heterocycles. The van der Waals surface area contributed by atoms with E-state index >= 15 is 0 Å². The highest BCUT2D eigenvalue weighted by Crippen LogP contribution is 2.33. The zero-order valence-corrected chi connectivity index (χ0v) is 9.17. The third-order valence-electron chi connectivity index (χ3n) is 2.45. The van der Waals surface area contributed by atoms with Gasteiger partial charge in [-0.2, -0.15) is 11.8 Å². The smallest absolute Gasteiger partial charge is 0.146 e. The number of fused-ring (bicyclic) bond motifs is 1. The first-order valence-electron chi connectivity index (χ1n) is 4.50. The number of hydrogen-bond donors (Lipinski definition) is 1. The third-order valence-corrected chi connectivity index (χ3v) is 3.76. The summed E-state index contributed by atoms with van der Waals surface area (Å²) >= 11 is 7.43. The van der Waals surface area contributed by atoms with Gasteiger partial charge in [-0.25, -0.2) is 4.39 Å². The van der Waals surface area contributed by atoms with Gasteiger partial charge < -0.3 is 5.73 Å². The standard InChI is InChI=1S/C10H11ClFNS/c11-8-2-1-6-7(10(8)12)5-14-4-3-9(6)13/h1-2,9H,3-5,13H2/t9-/m1/s1. The summed E-state index contributed by atoms with van der Waals surface area (Å²) in [5.41, 5.74) is 7.54. The summed E-state index contributed by atoms with van der Waals surface area (Å²) in [6, 6.07) is 3.38. The van der Waals surface area contributed by atoms with Gasteiger partial charge in [0.05, 0.1) is 5.02 Å². The van der Waals surface area contributed by atoms with Gasteiger partial charge in [0.15, 0.2) is 0 Å². The third kappa shape index (κ3) is 1.76. The van der Waals surface area contributed by atoms with E-state index in [9.17, 15) is 4.39 Å². The fourth-order valence-electron chi connectivity index (χ4n) is 1.64. The van der Waals surface area contributed by atoms with Crippen molar-refractivity contribution in [2.75, 3.05) is 5.75 Å². The van der Waals surface area contributed by atoms with Crippen molar-refractivity contribution < 1.29 is 4.39 Å². The first-order chi connectivity index (χ1) is 6.70. The number of halogens is 2. The van der Waals surface area contributed by atoms with Crippen LogP contribution in [0.5, 0.6) is 0 Å². The zero-order valence-electron chi connectivity index (χ0n) is 7.59. The van der Waals surface area contributed by atoms with Gasteiger partial charge in [-0.1, -0.05) is 17.7 Å². The Bertz CT molecular complexity index is 356. The Morgan fingerprint density at radius 1 is 1.50 bits per heavy atom. The van der Waals surface area contributed by atoms with E-state index in [0.29, 0.717) is 11.3 Å². The van der Waals surface area contributed by atoms with E-state index in [1.54, 1.807) is 17.8 Å². The summed E-state index contributed by atoms with van der Waals surface area (Å²) in [5, 5.41) is 0.193. The van der Waals surface area contributed by atoms with Gasteiger partial charge in [-0.15, -0.1) is 0 Å². The van der Waals surface area contributed by atoms with Crippen LogP contribution in [0.25, 0.3) is 0 Å². The van der Waals surface area contributed by atoms with Crippen molar-refractivity contribution in [3.8, 4) is 0 Å². The van der Waals surface area contributed by atoms with Crippen molar-refractivity contribution in [1.82, 2.24) is 0 Å². The molecule has 0 fully saturated rings. The Kier molecular flexibility index (Phi) is 3.00. The normalized spacial score (nSPS) is 21.5. The van der Waals surface area contributed by atoms with Crippen LogP contribution in [0.2, 0.25) is 5.02 Å². The maximum absolute atomic E-state index is 13.6. The van der Waals surface area contributed by atoms with Crippen LogP contribution in [0, 0.1) is 5.82 Å². The predicted molar refractivity (Wildman–Crippen MR) is 59.1 cm³/mol. The van der Waals surface area contributed by atoms with Crippen LogP contribution >= 0.6 is 23.4 Å². The van der Waals surface area contributed by atoms with Crippen molar-refractivity contribution >= 4 is 23.4 Å². The second-order valence-corrected chi connectivity index (χ2v) is 4.89. The molecule has 0 saturated carbocycles. The molecule has 0 radical (unpaired) electrons. The van der Waals surface area contributed by atoms with E-state index in [-0.39, 0.29) is 16.9 Å². The van der Waals surface area contributed by atoms with Crippen LogP contribution in [-0.2, 0) is 5.75 Å². The zero-order chi connectivity index (χ0) is 10.1. The SMILES string of the molecule is N[C@@H]1CCSCc2c1ccc(Cl)c2F. The molecule has 2 N–H and O–H groups in total. The van der Waals surface area contributed by atoms with E-state index in [2.05, 4.69) is 0 Å². The van der Waals surface area contributed by atoms with Crippen LogP contribution in [0.4, 0.5) is 4.39 Å². The van der Waals surface area contributed by atoms with Crippen LogP contribution in [0.1, 0.15) is 23.6 Å². The van der Waals surface area contributed by atoms with Crippen molar-refractivity contribution in [2.24, 2.45) is 5.73 Å². The Labute approximate surface area is 91.8 Å². The second kappa shape index (κ2) is 4.09. The molecule has 0 bridgehead atoms. The molecule has 1 aromatic carbocycles. The summed E-state index contributed by atoms with van der Waals surface area (Å²) in [7, 11) is 0. The molecule has 1 aliphatic heterocycles. The number of thioether (sulfide) groups is 1. The van der Waals surface area contributed by atoms with E-state index in [1.165, 1.54) is 0 Å². The largest absolute Gasteiger partial charge is 0.324 e. The molecule has 4 heteroatoms. The fourth-order valence-corrected chi connectivity index (χ4v) is 2.88. The minimum Gasteiger partial charge on any atom is -0.324 e. The second-order valence-electron chi connectivity index (χ2n) is 3.38. The van der Waals surface area contributed by atoms with E-state index in [0.717, 1.165) is 17.7 Å². The molecule has 1 heterocycles. The highest BCUT2D eigenvalue weighted by molar-refractivity contribution is 7.98. The molecular weight excluding hydrogens is 221 g/mol. The molecule has 14 heavy (non-hydrogen) atoms. The van der Waals surface area contributed by atoms with Gasteiger partial charge in [0.2, 0.25) is 0 Å². The Morgan fingerprint density at radius 2 is 2.29 bits per heavy atom. The summed E-state index contributed by atoms with van der Waals surface area (Å²) < 4.78 is 13.6. The molecule has 2 rings (SSSR count). The maximum Gasteiger partial charge on any atom is 0.146 e. The van der Waals surface area contributed by atoms with Crippen LogP contribution in [0.15, 0.2) is 12.1 Å². The molecule has 0 aromatic heterocycles. The monoisotopic (exact) mass is 231 g/mol. The van der Waals surface area contributed by atoms with Crippen molar-refractivity contribution in [3.05, 3.63) is 34.1 Å². The molecule has 0 aliphatic carbocycles. The number of hydrogen-bond acceptors (Lipinski definition) is 2. The summed E-state index contributed by atoms with van der Waals surface area (Å²) in [4.78, 5) is 0. The van der Waals surface area contributed by atoms with Gasteiger partial charge in [0.1, 0.15) is 5.82 Å². The molecule has 76 valence electrons. The van der Waals surface area contributed by atoms with Crippen molar-refractivity contribution in [2.45, 2.75) is 18.2 Å². The van der Waals surface area contributed by atoms with Gasteiger partial charge in [0.25, 0.3) is 0 Å². The van der Waals surface area contributed by atoms with Crippen molar-refractivity contribution in [1.29, 1.82) is 0 Å². The van der Waals surface area contributed by atoms with Crippen LogP contribution in [0.3, 0.4) is 0 Å². The quantitative estimate of drug-likeness (QED) is 0.743. The lowest BCUT2D eigenvalue weighted by atomic mass is 10.00. The Hall–Kier alpha value is -0.250. The summed E-state index contributed by atoms with van der Waals surface area (Å²) in [5.74, 6) is 1.36. The number of benzene rings is 1. The van der Waals surface area contributed by atoms with Crippen LogP contribution in [-0.4, -0.2) is 5.75 Å². The van der Waals surface area contributed by atoms with E-state index in [1.807, 2.05) is 6.07 Å². The summed E-state index contributed by atoms with van der Waals surface area (Å²) in [6.07, 6.45) is 0.902. The highest BCUT2D eigenvalue weighted by Gasteiger charge is 2.19. The minimum atomic E-state index is -0.297. The Balaban J connectivity index is 2.53. The lowest BCUT2D eigenvalue weighted by Gasteiger charge is -2.12. The average Bonchev–Trinajstić information content (AvgIpc) is 2.35. The molecule has 1 aromatic rings. The molecular formula is C10H11ClFNS. The fraction of sp³-hybridized carbons (Fsp3) is 0.400. The lowest BCUT2D eigenvalue weighted by molar-refractivity contribution is 0.607. The molecule has 1 aliphatic rings. The van der Waals surface area contributed by atoms with E-state index in [4.69, 9.17) is 17.3 Å². The summed E-state index contributed by atoms with van der Waals surface area (Å²) in [6.45, 7) is 0.